The van der Waals surface area contributed by atoms with Gasteiger partial charge in [-0.15, -0.1) is 11.3 Å². The molecule has 0 radical (unpaired) electrons. The third-order valence-electron chi connectivity index (χ3n) is 4.67. The molecule has 1 aromatic carbocycles. The van der Waals surface area contributed by atoms with Crippen LogP contribution in [-0.2, 0) is 29.1 Å². The number of hydrogen-bond donors (Lipinski definition) is 2. The zero-order valence-corrected chi connectivity index (χ0v) is 19.3. The second-order valence-corrected chi connectivity index (χ2v) is 9.88. The van der Waals surface area contributed by atoms with Gasteiger partial charge >= 0.3 is 11.9 Å². The van der Waals surface area contributed by atoms with Crippen molar-refractivity contribution in [2.24, 2.45) is 0 Å². The fourth-order valence-electron chi connectivity index (χ4n) is 2.89. The van der Waals surface area contributed by atoms with E-state index in [2.05, 4.69) is 10.0 Å². The lowest BCUT2D eigenvalue weighted by molar-refractivity contribution is -0.146. The number of anilines is 1. The van der Waals surface area contributed by atoms with Crippen LogP contribution in [-0.4, -0.2) is 46.0 Å². The number of carbonyl (C=O) groups is 3. The molecule has 2 N–H and O–H groups in total. The van der Waals surface area contributed by atoms with E-state index in [0.717, 1.165) is 24.0 Å². The van der Waals surface area contributed by atoms with Gasteiger partial charge in [-0.3, -0.25) is 9.59 Å². The molecule has 1 saturated carbocycles. The predicted octanol–water partition coefficient (Wildman–Crippen LogP) is 2.57. The normalized spacial score (nSPS) is 13.4. The fourth-order valence-corrected chi connectivity index (χ4v) is 4.90. The molecule has 1 aromatic heterocycles. The summed E-state index contributed by atoms with van der Waals surface area (Å²) in [5.41, 5.74) is 2.09. The summed E-state index contributed by atoms with van der Waals surface area (Å²) in [6.07, 6.45) is 1.96. The highest BCUT2D eigenvalue weighted by Crippen LogP contribution is 2.46. The zero-order valence-electron chi connectivity index (χ0n) is 17.7. The number of aryl methyl sites for hydroxylation is 1. The lowest BCUT2D eigenvalue weighted by Gasteiger charge is -2.09. The van der Waals surface area contributed by atoms with Gasteiger partial charge in [0.1, 0.15) is 11.5 Å². The first-order valence-electron chi connectivity index (χ1n) is 10.0. The summed E-state index contributed by atoms with van der Waals surface area (Å²) in [4.78, 5) is 36.5. The summed E-state index contributed by atoms with van der Waals surface area (Å²) >= 11 is 1.21. The first-order valence-corrected chi connectivity index (χ1v) is 12.4. The SMILES string of the molecule is CCOC(=O)c1c(C2CC2)csc1NC(=O)COC(=O)CNS(=O)(=O)c1ccc(C)cc1. The minimum absolute atomic E-state index is 0.0179. The van der Waals surface area contributed by atoms with Crippen LogP contribution in [0, 0.1) is 6.92 Å². The molecule has 9 nitrogen and oxygen atoms in total. The average molecular weight is 481 g/mol. The number of benzene rings is 1. The van der Waals surface area contributed by atoms with E-state index in [9.17, 15) is 22.8 Å². The van der Waals surface area contributed by atoms with Crippen molar-refractivity contribution in [2.75, 3.05) is 25.1 Å². The lowest BCUT2D eigenvalue weighted by Crippen LogP contribution is -2.32. The second kappa shape index (κ2) is 10.2. The van der Waals surface area contributed by atoms with Gasteiger partial charge in [-0.05, 0) is 55.7 Å². The quantitative estimate of drug-likeness (QED) is 0.500. The van der Waals surface area contributed by atoms with Gasteiger partial charge < -0.3 is 14.8 Å². The Labute approximate surface area is 190 Å². The number of amides is 1. The third kappa shape index (κ3) is 6.15. The topological polar surface area (TPSA) is 128 Å². The Morgan fingerprint density at radius 2 is 1.81 bits per heavy atom. The van der Waals surface area contributed by atoms with Crippen LogP contribution in [0.1, 0.15) is 47.2 Å². The highest BCUT2D eigenvalue weighted by atomic mass is 32.2. The number of esters is 2. The average Bonchev–Trinajstić information content (AvgIpc) is 3.51. The number of carbonyl (C=O) groups excluding carboxylic acids is 3. The molecule has 1 amide bonds. The molecule has 11 heteroatoms. The van der Waals surface area contributed by atoms with Crippen molar-refractivity contribution in [3.8, 4) is 0 Å². The molecule has 0 aliphatic heterocycles. The Balaban J connectivity index is 1.52. The van der Waals surface area contributed by atoms with Gasteiger partial charge in [0.05, 0.1) is 17.1 Å². The second-order valence-electron chi connectivity index (χ2n) is 7.24. The summed E-state index contributed by atoms with van der Waals surface area (Å²) in [6.45, 7) is 2.49. The standard InChI is InChI=1S/C21H24N2O7S2/c1-3-29-21(26)19-16(14-6-7-14)12-31-20(19)23-17(24)11-30-18(25)10-22-32(27,28)15-8-4-13(2)5-9-15/h4-5,8-9,12,14,22H,3,6-7,10-11H2,1-2H3,(H,23,24). The molecule has 0 bridgehead atoms. The van der Waals surface area contributed by atoms with Crippen LogP contribution in [0.5, 0.6) is 0 Å². The zero-order chi connectivity index (χ0) is 23.3. The minimum Gasteiger partial charge on any atom is -0.462 e. The van der Waals surface area contributed by atoms with E-state index >= 15 is 0 Å². The van der Waals surface area contributed by atoms with Gasteiger partial charge in [0, 0.05) is 0 Å². The number of hydrogen-bond acceptors (Lipinski definition) is 8. The number of nitrogens with one attached hydrogen (secondary N) is 2. The highest BCUT2D eigenvalue weighted by molar-refractivity contribution is 7.89. The first kappa shape index (κ1) is 23.9. The van der Waals surface area contributed by atoms with E-state index in [1.54, 1.807) is 19.1 Å². The molecule has 0 spiro atoms. The number of thiophene rings is 1. The number of rotatable bonds is 10. The van der Waals surface area contributed by atoms with Crippen LogP contribution in [0.3, 0.4) is 0 Å². The van der Waals surface area contributed by atoms with Crippen molar-refractivity contribution in [3.63, 3.8) is 0 Å². The molecular weight excluding hydrogens is 456 g/mol. The molecule has 1 fully saturated rings. The van der Waals surface area contributed by atoms with Gasteiger partial charge in [0.15, 0.2) is 6.61 Å². The summed E-state index contributed by atoms with van der Waals surface area (Å²) in [5.74, 6) is -1.77. The van der Waals surface area contributed by atoms with Gasteiger partial charge in [0.25, 0.3) is 5.91 Å². The Hall–Kier alpha value is -2.76. The summed E-state index contributed by atoms with van der Waals surface area (Å²) in [7, 11) is -3.88. The maximum Gasteiger partial charge on any atom is 0.341 e. The lowest BCUT2D eigenvalue weighted by atomic mass is 10.1. The van der Waals surface area contributed by atoms with E-state index in [1.165, 1.54) is 23.5 Å². The molecule has 32 heavy (non-hydrogen) atoms. The maximum absolute atomic E-state index is 12.3. The molecule has 172 valence electrons. The Kier molecular flexibility index (Phi) is 7.64. The molecule has 0 saturated heterocycles. The molecule has 3 rings (SSSR count). The largest absolute Gasteiger partial charge is 0.462 e. The van der Waals surface area contributed by atoms with Crippen LogP contribution < -0.4 is 10.0 Å². The molecule has 0 atom stereocenters. The van der Waals surface area contributed by atoms with E-state index in [1.807, 2.05) is 12.3 Å². The predicted molar refractivity (Wildman–Crippen MR) is 118 cm³/mol. The monoisotopic (exact) mass is 480 g/mol. The third-order valence-corrected chi connectivity index (χ3v) is 7.00. The van der Waals surface area contributed by atoms with Crippen LogP contribution in [0.4, 0.5) is 5.00 Å². The van der Waals surface area contributed by atoms with Crippen LogP contribution >= 0.6 is 11.3 Å². The number of sulfonamides is 1. The van der Waals surface area contributed by atoms with E-state index < -0.39 is 41.0 Å². The van der Waals surface area contributed by atoms with Crippen molar-refractivity contribution in [3.05, 3.63) is 46.3 Å². The molecule has 0 unspecified atom stereocenters. The van der Waals surface area contributed by atoms with Gasteiger partial charge in [0.2, 0.25) is 10.0 Å². The van der Waals surface area contributed by atoms with Crippen LogP contribution in [0.15, 0.2) is 34.5 Å². The molecule has 1 heterocycles. The minimum atomic E-state index is -3.88. The number of ether oxygens (including phenoxy) is 2. The fraction of sp³-hybridized carbons (Fsp3) is 0.381. The summed E-state index contributed by atoms with van der Waals surface area (Å²) in [5, 5.41) is 4.74. The van der Waals surface area contributed by atoms with Crippen LogP contribution in [0.25, 0.3) is 0 Å². The van der Waals surface area contributed by atoms with Gasteiger partial charge in [-0.1, -0.05) is 17.7 Å². The van der Waals surface area contributed by atoms with Crippen molar-refractivity contribution < 1.29 is 32.3 Å². The van der Waals surface area contributed by atoms with Gasteiger partial charge in [-0.25, -0.2) is 13.2 Å². The van der Waals surface area contributed by atoms with Crippen molar-refractivity contribution in [2.45, 2.75) is 37.5 Å². The Morgan fingerprint density at radius 1 is 1.12 bits per heavy atom. The highest BCUT2D eigenvalue weighted by Gasteiger charge is 2.32. The maximum atomic E-state index is 12.3. The summed E-state index contributed by atoms with van der Waals surface area (Å²) < 4.78 is 36.5. The van der Waals surface area contributed by atoms with Gasteiger partial charge in [-0.2, -0.15) is 4.72 Å². The van der Waals surface area contributed by atoms with Crippen molar-refractivity contribution in [1.29, 1.82) is 0 Å². The van der Waals surface area contributed by atoms with E-state index in [4.69, 9.17) is 9.47 Å². The molecule has 1 aliphatic carbocycles. The van der Waals surface area contributed by atoms with E-state index in [0.29, 0.717) is 10.6 Å². The van der Waals surface area contributed by atoms with Crippen molar-refractivity contribution in [1.82, 2.24) is 4.72 Å². The van der Waals surface area contributed by atoms with Crippen molar-refractivity contribution >= 4 is 44.2 Å². The van der Waals surface area contributed by atoms with Crippen LogP contribution in [0.2, 0.25) is 0 Å². The molecular formula is C21H24N2O7S2. The molecule has 1 aliphatic rings. The smallest absolute Gasteiger partial charge is 0.341 e. The first-order chi connectivity index (χ1) is 15.2. The summed E-state index contributed by atoms with van der Waals surface area (Å²) in [6, 6.07) is 6.13. The van der Waals surface area contributed by atoms with E-state index in [-0.39, 0.29) is 17.4 Å². The Bertz CT molecular complexity index is 1100. The Morgan fingerprint density at radius 3 is 2.44 bits per heavy atom. The molecule has 2 aromatic rings.